The number of nitrogen functional groups attached to an aromatic ring is 2. The van der Waals surface area contributed by atoms with Gasteiger partial charge < -0.3 is 25.7 Å². The van der Waals surface area contributed by atoms with E-state index < -0.39 is 23.7 Å². The number of hydrogen-bond donors (Lipinski definition) is 2. The van der Waals surface area contributed by atoms with Gasteiger partial charge in [-0.3, -0.25) is 4.90 Å². The van der Waals surface area contributed by atoms with Crippen molar-refractivity contribution < 1.29 is 32.6 Å². The van der Waals surface area contributed by atoms with Gasteiger partial charge in [-0.15, -0.1) is 0 Å². The third-order valence-electron chi connectivity index (χ3n) is 6.69. The largest absolute Gasteiger partial charge is 0.496 e. The van der Waals surface area contributed by atoms with E-state index in [2.05, 4.69) is 20.1 Å². The number of methoxy groups -OCH3 is 3. The first-order valence-electron chi connectivity index (χ1n) is 13.0. The molecular weight excluding hydrogens is 578 g/mol. The normalized spacial score (nSPS) is 10.9. The third-order valence-corrected chi connectivity index (χ3v) is 6.69. The molecule has 0 aliphatic heterocycles. The van der Waals surface area contributed by atoms with Gasteiger partial charge in [0.05, 0.1) is 50.8 Å². The van der Waals surface area contributed by atoms with Gasteiger partial charge in [-0.05, 0) is 23.8 Å². The number of halogens is 2. The van der Waals surface area contributed by atoms with E-state index in [0.717, 1.165) is 11.1 Å². The molecule has 0 saturated carbocycles. The summed E-state index contributed by atoms with van der Waals surface area (Å²) in [5.74, 6) is -2.00. The van der Waals surface area contributed by atoms with Crippen molar-refractivity contribution >= 4 is 40.4 Å². The number of fused-ring (bicyclic) bond motifs is 1. The second-order valence-electron chi connectivity index (χ2n) is 9.37. The average molecular weight is 605 g/mol. The summed E-state index contributed by atoms with van der Waals surface area (Å²) in [7, 11) is 3.82. The molecule has 3 heterocycles. The number of esters is 1. The molecule has 5 aromatic rings. The summed E-state index contributed by atoms with van der Waals surface area (Å²) >= 11 is 0. The molecule has 0 bridgehead atoms. The number of aromatic nitrogens is 5. The van der Waals surface area contributed by atoms with Crippen LogP contribution in [0, 0.1) is 11.6 Å². The zero-order valence-corrected chi connectivity index (χ0v) is 23.7. The molecule has 3 aromatic heterocycles. The quantitative estimate of drug-likeness (QED) is 0.247. The van der Waals surface area contributed by atoms with Crippen LogP contribution in [-0.4, -0.2) is 58.1 Å². The second-order valence-corrected chi connectivity index (χ2v) is 9.37. The Morgan fingerprint density at radius 3 is 2.34 bits per heavy atom. The lowest BCUT2D eigenvalue weighted by atomic mass is 10.1. The molecule has 5 rings (SSSR count). The number of carbonyl (C=O) groups excluding carboxylic acids is 2. The monoisotopic (exact) mass is 604 g/mol. The Hall–Kier alpha value is -5.86. The van der Waals surface area contributed by atoms with Gasteiger partial charge in [0.2, 0.25) is 0 Å². The van der Waals surface area contributed by atoms with Crippen molar-refractivity contribution in [3.8, 4) is 11.7 Å². The van der Waals surface area contributed by atoms with Crippen LogP contribution in [0.25, 0.3) is 17.0 Å². The molecule has 0 radical (unpaired) electrons. The first-order valence-corrected chi connectivity index (χ1v) is 13.0. The highest BCUT2D eigenvalue weighted by atomic mass is 19.1. The molecule has 0 aliphatic rings. The summed E-state index contributed by atoms with van der Waals surface area (Å²) in [6.45, 7) is -0.166. The zero-order chi connectivity index (χ0) is 31.5. The predicted octanol–water partition coefficient (Wildman–Crippen LogP) is 3.81. The number of carbonyl (C=O) groups is 2. The van der Waals surface area contributed by atoms with Crippen LogP contribution in [0.2, 0.25) is 0 Å². The van der Waals surface area contributed by atoms with Gasteiger partial charge in [0.15, 0.2) is 11.6 Å². The summed E-state index contributed by atoms with van der Waals surface area (Å²) in [6.07, 6.45) is 0.221. The molecule has 15 heteroatoms. The van der Waals surface area contributed by atoms with Crippen molar-refractivity contribution in [3.63, 3.8) is 0 Å². The number of anilines is 3. The number of hydrogen-bond acceptors (Lipinski definition) is 11. The van der Waals surface area contributed by atoms with Gasteiger partial charge in [0, 0.05) is 18.1 Å². The van der Waals surface area contributed by atoms with E-state index in [-0.39, 0.29) is 58.6 Å². The van der Waals surface area contributed by atoms with Gasteiger partial charge >= 0.3 is 12.1 Å². The lowest BCUT2D eigenvalue weighted by Gasteiger charge is -2.24. The molecule has 0 fully saturated rings. The van der Waals surface area contributed by atoms with E-state index in [1.54, 1.807) is 24.3 Å². The zero-order valence-electron chi connectivity index (χ0n) is 23.7. The number of benzene rings is 2. The highest BCUT2D eigenvalue weighted by Gasteiger charge is 2.27. The van der Waals surface area contributed by atoms with E-state index >= 15 is 0 Å². The third kappa shape index (κ3) is 5.62. The van der Waals surface area contributed by atoms with Gasteiger partial charge in [0.1, 0.15) is 28.6 Å². The summed E-state index contributed by atoms with van der Waals surface area (Å²) in [5, 5.41) is 4.49. The number of rotatable bonds is 8. The number of nitrogens with zero attached hydrogens (tertiary/aromatic N) is 6. The number of pyridine rings is 1. The van der Waals surface area contributed by atoms with E-state index in [9.17, 15) is 18.4 Å². The molecule has 0 saturated heterocycles. The van der Waals surface area contributed by atoms with Crippen molar-refractivity contribution in [3.05, 3.63) is 88.7 Å². The Morgan fingerprint density at radius 1 is 0.955 bits per heavy atom. The van der Waals surface area contributed by atoms with Crippen LogP contribution >= 0.6 is 0 Å². The van der Waals surface area contributed by atoms with Crippen LogP contribution in [-0.2, 0) is 22.4 Å². The topological polar surface area (TPSA) is 174 Å². The minimum atomic E-state index is -0.846. The lowest BCUT2D eigenvalue weighted by Crippen LogP contribution is -2.32. The van der Waals surface area contributed by atoms with Gasteiger partial charge in [0.25, 0.3) is 5.95 Å². The first kappa shape index (κ1) is 29.6. The van der Waals surface area contributed by atoms with E-state index in [1.807, 2.05) is 0 Å². The van der Waals surface area contributed by atoms with E-state index in [0.29, 0.717) is 16.8 Å². The standard InChI is InChI=1S/C29H26F2N8O5/c1-42-22-11-16(27(40)43-2)8-9-17(22)14-38(29(41)44-3)24-25(32)35-28(36-26(24)33)39-21-12-18(30)13-34-23(21)20(37-39)10-15-6-4-5-7-19(15)31/h4-9,11-13H,10,14H2,1-3H3,(H4,32,33,35,36). The van der Waals surface area contributed by atoms with Crippen molar-refractivity contribution in [2.45, 2.75) is 13.0 Å². The molecule has 0 aliphatic carbocycles. The highest BCUT2D eigenvalue weighted by Crippen LogP contribution is 2.33. The summed E-state index contributed by atoms with van der Waals surface area (Å²) in [5.41, 5.74) is 14.4. The Labute approximate surface area is 249 Å². The van der Waals surface area contributed by atoms with Crippen molar-refractivity contribution in [1.29, 1.82) is 0 Å². The molecule has 226 valence electrons. The molecule has 44 heavy (non-hydrogen) atoms. The molecule has 4 N–H and O–H groups in total. The maximum atomic E-state index is 14.4. The Balaban J connectivity index is 1.57. The summed E-state index contributed by atoms with van der Waals surface area (Å²) in [4.78, 5) is 38.8. The number of amides is 1. The molecule has 0 spiro atoms. The Bertz CT molecular complexity index is 1870. The van der Waals surface area contributed by atoms with E-state index in [4.69, 9.17) is 25.7 Å². The molecule has 0 unspecified atom stereocenters. The maximum absolute atomic E-state index is 14.4. The van der Waals surface area contributed by atoms with Crippen molar-refractivity contribution in [2.24, 2.45) is 0 Å². The first-order chi connectivity index (χ1) is 21.1. The summed E-state index contributed by atoms with van der Waals surface area (Å²) in [6, 6.07) is 11.9. The SMILES string of the molecule is COC(=O)c1ccc(CN(C(=O)OC)c2c(N)nc(-n3nc(Cc4ccccc4F)c4ncc(F)cc43)nc2N)c(OC)c1. The van der Waals surface area contributed by atoms with Crippen LogP contribution in [0.4, 0.5) is 30.9 Å². The highest BCUT2D eigenvalue weighted by molar-refractivity contribution is 5.95. The Kier molecular flexibility index (Phi) is 8.19. The minimum absolute atomic E-state index is 0.0462. The van der Waals surface area contributed by atoms with Crippen LogP contribution < -0.4 is 21.1 Å². The summed E-state index contributed by atoms with van der Waals surface area (Å²) < 4.78 is 45.0. The van der Waals surface area contributed by atoms with Crippen LogP contribution in [0.5, 0.6) is 5.75 Å². The fourth-order valence-electron chi connectivity index (χ4n) is 4.61. The van der Waals surface area contributed by atoms with E-state index in [1.165, 1.54) is 50.3 Å². The lowest BCUT2D eigenvalue weighted by molar-refractivity contribution is 0.0600. The van der Waals surface area contributed by atoms with Crippen LogP contribution in [0.3, 0.4) is 0 Å². The fourth-order valence-corrected chi connectivity index (χ4v) is 4.61. The molecular formula is C29H26F2N8O5. The van der Waals surface area contributed by atoms with Crippen LogP contribution in [0.1, 0.15) is 27.2 Å². The molecule has 2 aromatic carbocycles. The van der Waals surface area contributed by atoms with Crippen molar-refractivity contribution in [2.75, 3.05) is 37.7 Å². The maximum Gasteiger partial charge on any atom is 0.414 e. The molecule has 0 atom stereocenters. The Morgan fingerprint density at radius 2 is 1.68 bits per heavy atom. The molecule has 13 nitrogen and oxygen atoms in total. The fraction of sp³-hybridized carbons (Fsp3) is 0.172. The van der Waals surface area contributed by atoms with Gasteiger partial charge in [-0.2, -0.15) is 19.7 Å². The smallest absolute Gasteiger partial charge is 0.414 e. The number of nitrogens with two attached hydrogens (primary N) is 2. The second kappa shape index (κ2) is 12.2. The predicted molar refractivity (Wildman–Crippen MR) is 155 cm³/mol. The number of ether oxygens (including phenoxy) is 3. The average Bonchev–Trinajstić information content (AvgIpc) is 3.37. The van der Waals surface area contributed by atoms with Gasteiger partial charge in [-0.25, -0.2) is 23.4 Å². The minimum Gasteiger partial charge on any atom is -0.496 e. The van der Waals surface area contributed by atoms with Gasteiger partial charge in [-0.1, -0.05) is 24.3 Å². The van der Waals surface area contributed by atoms with Crippen LogP contribution in [0.15, 0.2) is 54.7 Å². The van der Waals surface area contributed by atoms with Crippen molar-refractivity contribution in [1.82, 2.24) is 24.7 Å². The molecule has 1 amide bonds.